The molecule has 0 aliphatic rings. The van der Waals surface area contributed by atoms with Gasteiger partial charge in [0.1, 0.15) is 12.1 Å². The van der Waals surface area contributed by atoms with Gasteiger partial charge in [0.15, 0.2) is 0 Å². The van der Waals surface area contributed by atoms with Gasteiger partial charge in [-0.2, -0.15) is 0 Å². The zero-order valence-corrected chi connectivity index (χ0v) is 12.1. The summed E-state index contributed by atoms with van der Waals surface area (Å²) in [4.78, 5) is 8.62. The largest absolute Gasteiger partial charge is 0.383 e. The lowest BCUT2D eigenvalue weighted by atomic mass is 9.93. The summed E-state index contributed by atoms with van der Waals surface area (Å²) < 4.78 is 0. The first-order valence-electron chi connectivity index (χ1n) is 6.72. The summed E-state index contributed by atoms with van der Waals surface area (Å²) in [7, 11) is 0. The Hall–Kier alpha value is -1.90. The molecule has 0 aliphatic heterocycles. The Morgan fingerprint density at radius 3 is 2.26 bits per heavy atom. The molecule has 0 unspecified atom stereocenters. The van der Waals surface area contributed by atoms with Crippen LogP contribution in [-0.2, 0) is 6.42 Å². The van der Waals surface area contributed by atoms with Gasteiger partial charge in [-0.25, -0.2) is 9.97 Å². The predicted octanol–water partition coefficient (Wildman–Crippen LogP) is 3.60. The number of nitrogens with zero attached hydrogens (tertiary/aromatic N) is 2. The van der Waals surface area contributed by atoms with E-state index in [0.29, 0.717) is 5.82 Å². The summed E-state index contributed by atoms with van der Waals surface area (Å²) >= 11 is 0. The Bertz CT molecular complexity index is 580. The van der Waals surface area contributed by atoms with Crippen molar-refractivity contribution in [2.75, 3.05) is 5.73 Å². The fourth-order valence-electron chi connectivity index (χ4n) is 2.69. The molecule has 0 radical (unpaired) electrons. The van der Waals surface area contributed by atoms with Crippen LogP contribution in [0.4, 0.5) is 5.82 Å². The Labute approximate surface area is 114 Å². The summed E-state index contributed by atoms with van der Waals surface area (Å²) in [5.74, 6) is 0.603. The second-order valence-electron chi connectivity index (χ2n) is 5.11. The molecule has 0 amide bonds. The van der Waals surface area contributed by atoms with Crippen LogP contribution in [0.15, 0.2) is 18.5 Å². The Balaban J connectivity index is 2.69. The van der Waals surface area contributed by atoms with Gasteiger partial charge in [0.05, 0.1) is 5.69 Å². The molecule has 0 atom stereocenters. The third kappa shape index (κ3) is 2.60. The number of nitrogens with two attached hydrogens (primary N) is 1. The molecule has 1 aromatic heterocycles. The second kappa shape index (κ2) is 5.39. The summed E-state index contributed by atoms with van der Waals surface area (Å²) in [5.41, 5.74) is 13.0. The van der Waals surface area contributed by atoms with E-state index in [2.05, 4.69) is 49.8 Å². The zero-order chi connectivity index (χ0) is 14.0. The average molecular weight is 255 g/mol. The molecule has 2 rings (SSSR count). The minimum atomic E-state index is 0.603. The molecule has 0 saturated carbocycles. The molecule has 1 heterocycles. The van der Waals surface area contributed by atoms with Gasteiger partial charge >= 0.3 is 0 Å². The van der Waals surface area contributed by atoms with Gasteiger partial charge in [-0.3, -0.25) is 0 Å². The van der Waals surface area contributed by atoms with Crippen molar-refractivity contribution in [2.24, 2.45) is 0 Å². The number of hydrogen-bond acceptors (Lipinski definition) is 3. The molecular weight excluding hydrogens is 234 g/mol. The van der Waals surface area contributed by atoms with E-state index in [1.54, 1.807) is 6.33 Å². The maximum Gasteiger partial charge on any atom is 0.130 e. The van der Waals surface area contributed by atoms with Gasteiger partial charge in [0, 0.05) is 11.1 Å². The van der Waals surface area contributed by atoms with E-state index >= 15 is 0 Å². The average Bonchev–Trinajstić information content (AvgIpc) is 2.32. The van der Waals surface area contributed by atoms with Crippen molar-refractivity contribution < 1.29 is 0 Å². The molecule has 1 aromatic carbocycles. The highest BCUT2D eigenvalue weighted by molar-refractivity contribution is 5.73. The van der Waals surface area contributed by atoms with E-state index in [4.69, 9.17) is 5.73 Å². The van der Waals surface area contributed by atoms with Crippen LogP contribution in [0.3, 0.4) is 0 Å². The molecule has 0 spiro atoms. The van der Waals surface area contributed by atoms with Crippen LogP contribution in [0.5, 0.6) is 0 Å². The first-order chi connectivity index (χ1) is 9.04. The molecule has 0 saturated heterocycles. The molecule has 0 bridgehead atoms. The second-order valence-corrected chi connectivity index (χ2v) is 5.11. The molecule has 0 fully saturated rings. The van der Waals surface area contributed by atoms with Crippen LogP contribution in [0, 0.1) is 20.8 Å². The lowest BCUT2D eigenvalue weighted by molar-refractivity contribution is 0.907. The molecule has 3 heteroatoms. The minimum Gasteiger partial charge on any atom is -0.383 e. The third-order valence-corrected chi connectivity index (χ3v) is 3.39. The SMILES string of the molecule is CCCc1c(N)ncnc1-c1c(C)cc(C)cc1C. The topological polar surface area (TPSA) is 51.8 Å². The molecule has 100 valence electrons. The number of aryl methyl sites for hydroxylation is 3. The monoisotopic (exact) mass is 255 g/mol. The van der Waals surface area contributed by atoms with E-state index < -0.39 is 0 Å². The number of nitrogen functional groups attached to an aromatic ring is 1. The number of hydrogen-bond donors (Lipinski definition) is 1. The summed E-state index contributed by atoms with van der Waals surface area (Å²) in [5, 5.41) is 0. The van der Waals surface area contributed by atoms with Gasteiger partial charge in [-0.15, -0.1) is 0 Å². The predicted molar refractivity (Wildman–Crippen MR) is 80.1 cm³/mol. The van der Waals surface area contributed by atoms with Gasteiger partial charge in [-0.1, -0.05) is 31.0 Å². The number of benzene rings is 1. The molecule has 0 aliphatic carbocycles. The molecule has 19 heavy (non-hydrogen) atoms. The van der Waals surface area contributed by atoms with Crippen LogP contribution in [0.25, 0.3) is 11.3 Å². The maximum absolute atomic E-state index is 6.02. The Morgan fingerprint density at radius 2 is 1.68 bits per heavy atom. The fraction of sp³-hybridized carbons (Fsp3) is 0.375. The van der Waals surface area contributed by atoms with Gasteiger partial charge in [-0.05, 0) is 38.3 Å². The van der Waals surface area contributed by atoms with E-state index in [0.717, 1.165) is 24.1 Å². The third-order valence-electron chi connectivity index (χ3n) is 3.39. The smallest absolute Gasteiger partial charge is 0.130 e. The number of rotatable bonds is 3. The maximum atomic E-state index is 6.02. The molecular formula is C16H21N3. The van der Waals surface area contributed by atoms with E-state index in [9.17, 15) is 0 Å². The van der Waals surface area contributed by atoms with Crippen molar-refractivity contribution in [2.45, 2.75) is 40.5 Å². The van der Waals surface area contributed by atoms with Crippen molar-refractivity contribution in [3.05, 3.63) is 40.7 Å². The summed E-state index contributed by atoms with van der Waals surface area (Å²) in [6.07, 6.45) is 3.51. The van der Waals surface area contributed by atoms with Crippen molar-refractivity contribution >= 4 is 5.82 Å². The van der Waals surface area contributed by atoms with E-state index in [1.165, 1.54) is 22.3 Å². The van der Waals surface area contributed by atoms with Gasteiger partial charge in [0.25, 0.3) is 0 Å². The summed E-state index contributed by atoms with van der Waals surface area (Å²) in [6.45, 7) is 8.52. The Kier molecular flexibility index (Phi) is 3.84. The lowest BCUT2D eigenvalue weighted by Crippen LogP contribution is -2.04. The molecule has 2 aromatic rings. The van der Waals surface area contributed by atoms with Crippen molar-refractivity contribution in [1.29, 1.82) is 0 Å². The highest BCUT2D eigenvalue weighted by Gasteiger charge is 2.14. The molecule has 3 nitrogen and oxygen atoms in total. The van der Waals surface area contributed by atoms with Crippen LogP contribution in [0.1, 0.15) is 35.6 Å². The number of anilines is 1. The standard InChI is InChI=1S/C16H21N3/c1-5-6-13-15(18-9-19-16(13)17)14-11(3)7-10(2)8-12(14)4/h7-9H,5-6H2,1-4H3,(H2,17,18,19). The van der Waals surface area contributed by atoms with Crippen molar-refractivity contribution in [3.8, 4) is 11.3 Å². The van der Waals surface area contributed by atoms with E-state index in [1.807, 2.05) is 0 Å². The van der Waals surface area contributed by atoms with Crippen molar-refractivity contribution in [1.82, 2.24) is 9.97 Å². The summed E-state index contributed by atoms with van der Waals surface area (Å²) in [6, 6.07) is 4.38. The normalized spacial score (nSPS) is 10.7. The Morgan fingerprint density at radius 1 is 1.05 bits per heavy atom. The van der Waals surface area contributed by atoms with Crippen LogP contribution in [-0.4, -0.2) is 9.97 Å². The van der Waals surface area contributed by atoms with Crippen LogP contribution < -0.4 is 5.73 Å². The first-order valence-corrected chi connectivity index (χ1v) is 6.72. The minimum absolute atomic E-state index is 0.603. The van der Waals surface area contributed by atoms with Crippen LogP contribution in [0.2, 0.25) is 0 Å². The fourth-order valence-corrected chi connectivity index (χ4v) is 2.69. The highest BCUT2D eigenvalue weighted by atomic mass is 14.9. The molecule has 2 N–H and O–H groups in total. The van der Waals surface area contributed by atoms with Gasteiger partial charge in [0.2, 0.25) is 0 Å². The zero-order valence-electron chi connectivity index (χ0n) is 12.1. The highest BCUT2D eigenvalue weighted by Crippen LogP contribution is 2.31. The quantitative estimate of drug-likeness (QED) is 0.911. The number of aromatic nitrogens is 2. The van der Waals surface area contributed by atoms with Crippen molar-refractivity contribution in [3.63, 3.8) is 0 Å². The lowest BCUT2D eigenvalue weighted by Gasteiger charge is -2.15. The van der Waals surface area contributed by atoms with Crippen LogP contribution >= 0.6 is 0 Å². The first kappa shape index (κ1) is 13.5. The van der Waals surface area contributed by atoms with Gasteiger partial charge < -0.3 is 5.73 Å². The van der Waals surface area contributed by atoms with E-state index in [-0.39, 0.29) is 0 Å².